The fraction of sp³-hybridized carbons (Fsp3) is 0.414. The van der Waals surface area contributed by atoms with E-state index >= 15 is 0 Å². The Hall–Kier alpha value is -3.01. The number of carbonyl (C=O) groups is 2. The van der Waals surface area contributed by atoms with Gasteiger partial charge in [-0.3, -0.25) is 14.5 Å². The Labute approximate surface area is 238 Å². The van der Waals surface area contributed by atoms with E-state index in [1.54, 1.807) is 27.7 Å². The third kappa shape index (κ3) is 5.40. The maximum absolute atomic E-state index is 13.9. The Morgan fingerprint density at radius 3 is 2.51 bits per heavy atom. The first-order valence-corrected chi connectivity index (χ1v) is 14.4. The molecule has 1 fully saturated rings. The fourth-order valence-electron chi connectivity index (χ4n) is 5.04. The molecule has 39 heavy (non-hydrogen) atoms. The van der Waals surface area contributed by atoms with Gasteiger partial charge in [-0.05, 0) is 18.2 Å². The highest BCUT2D eigenvalue weighted by atomic mass is 35.5. The molecule has 1 unspecified atom stereocenters. The first-order valence-electron chi connectivity index (χ1n) is 13.0. The number of rotatable bonds is 5. The van der Waals surface area contributed by atoms with Crippen LogP contribution in [0.1, 0.15) is 42.8 Å². The van der Waals surface area contributed by atoms with E-state index in [2.05, 4.69) is 20.8 Å². The second-order valence-corrected chi connectivity index (χ2v) is 12.1. The van der Waals surface area contributed by atoms with Crippen molar-refractivity contribution < 1.29 is 19.1 Å². The number of para-hydroxylation sites is 2. The van der Waals surface area contributed by atoms with Gasteiger partial charge >= 0.3 is 0 Å². The number of anilines is 1. The number of carbonyl (C=O) groups excluding carboxylic acids is 2. The molecular weight excluding hydrogens is 536 g/mol. The van der Waals surface area contributed by atoms with Gasteiger partial charge in [0.05, 0.1) is 47.7 Å². The zero-order chi connectivity index (χ0) is 27.7. The summed E-state index contributed by atoms with van der Waals surface area (Å²) in [5.74, 6) is 1.22. The number of fused-ring (bicyclic) bond motifs is 1. The number of thioether (sulfide) groups is 1. The lowest BCUT2D eigenvalue weighted by Crippen LogP contribution is -2.48. The van der Waals surface area contributed by atoms with Crippen LogP contribution in [-0.4, -0.2) is 72.2 Å². The topological polar surface area (TPSA) is 76.9 Å². The van der Waals surface area contributed by atoms with Crippen LogP contribution in [0.3, 0.4) is 0 Å². The number of ether oxygens (including phenoxy) is 2. The third-order valence-corrected chi connectivity index (χ3v) is 8.51. The smallest absolute Gasteiger partial charge is 0.242 e. The molecule has 206 valence electrons. The van der Waals surface area contributed by atoms with E-state index in [0.717, 1.165) is 22.6 Å². The van der Waals surface area contributed by atoms with Gasteiger partial charge in [0, 0.05) is 29.6 Å². The molecule has 8 nitrogen and oxygen atoms in total. The lowest BCUT2D eigenvalue weighted by Gasteiger charge is -2.30. The summed E-state index contributed by atoms with van der Waals surface area (Å²) < 4.78 is 12.9. The zero-order valence-corrected chi connectivity index (χ0v) is 24.2. The van der Waals surface area contributed by atoms with E-state index in [4.69, 9.17) is 26.2 Å². The molecule has 2 aliphatic heterocycles. The summed E-state index contributed by atoms with van der Waals surface area (Å²) in [6.07, 6.45) is 0. The number of methoxy groups -OCH3 is 1. The molecule has 2 aliphatic rings. The van der Waals surface area contributed by atoms with Crippen molar-refractivity contribution in [3.63, 3.8) is 0 Å². The van der Waals surface area contributed by atoms with E-state index < -0.39 is 0 Å². The van der Waals surface area contributed by atoms with E-state index in [1.807, 2.05) is 42.5 Å². The van der Waals surface area contributed by atoms with Crippen molar-refractivity contribution >= 4 is 41.0 Å². The van der Waals surface area contributed by atoms with Gasteiger partial charge in [-0.2, -0.15) is 5.10 Å². The van der Waals surface area contributed by atoms with Crippen molar-refractivity contribution in [2.75, 3.05) is 50.6 Å². The van der Waals surface area contributed by atoms with Gasteiger partial charge < -0.3 is 14.4 Å². The Bertz CT molecular complexity index is 1380. The van der Waals surface area contributed by atoms with Gasteiger partial charge in [0.25, 0.3) is 0 Å². The predicted octanol–water partition coefficient (Wildman–Crippen LogP) is 4.86. The molecule has 3 aromatic rings. The second-order valence-electron chi connectivity index (χ2n) is 10.6. The summed E-state index contributed by atoms with van der Waals surface area (Å²) in [7, 11) is 1.65. The monoisotopic (exact) mass is 568 g/mol. The Morgan fingerprint density at radius 2 is 1.82 bits per heavy atom. The number of hydrogen-bond donors (Lipinski definition) is 0. The Balaban J connectivity index is 1.76. The van der Waals surface area contributed by atoms with Crippen LogP contribution in [0.25, 0.3) is 5.69 Å². The highest BCUT2D eigenvalue weighted by Gasteiger charge is 2.41. The second kappa shape index (κ2) is 11.2. The average Bonchev–Trinajstić information content (AvgIpc) is 3.27. The standard InChI is InChI=1S/C29H33ClN4O4S/c1-29(2,3)27-25-26(19-9-5-8-12-22(19)37-4)39-18-24(36)33(17-23(35)32-13-15-38-16-14-32)28(25)34(31-27)21-11-7-6-10-20(21)30/h5-12,26H,13-18H2,1-4H3. The molecule has 1 saturated heterocycles. The van der Waals surface area contributed by atoms with Crippen LogP contribution in [0.4, 0.5) is 5.82 Å². The first kappa shape index (κ1) is 27.6. The summed E-state index contributed by atoms with van der Waals surface area (Å²) >= 11 is 8.22. The largest absolute Gasteiger partial charge is 0.496 e. The van der Waals surface area contributed by atoms with Gasteiger partial charge in [0.15, 0.2) is 0 Å². The molecule has 1 atom stereocenters. The summed E-state index contributed by atoms with van der Waals surface area (Å²) in [4.78, 5) is 30.7. The maximum Gasteiger partial charge on any atom is 0.242 e. The minimum Gasteiger partial charge on any atom is -0.496 e. The SMILES string of the molecule is COc1ccccc1C1SCC(=O)N(CC(=O)N2CCOCC2)c2c1c(C(C)(C)C)nn2-c1ccccc1Cl. The molecule has 5 rings (SSSR count). The van der Waals surface area contributed by atoms with Crippen molar-refractivity contribution in [3.8, 4) is 11.4 Å². The van der Waals surface area contributed by atoms with Gasteiger partial charge in [0.2, 0.25) is 11.8 Å². The minimum absolute atomic E-state index is 0.0925. The van der Waals surface area contributed by atoms with Crippen LogP contribution in [0.5, 0.6) is 5.75 Å². The Morgan fingerprint density at radius 1 is 1.13 bits per heavy atom. The van der Waals surface area contributed by atoms with E-state index in [-0.39, 0.29) is 34.8 Å². The van der Waals surface area contributed by atoms with Crippen LogP contribution in [0.15, 0.2) is 48.5 Å². The lowest BCUT2D eigenvalue weighted by atomic mass is 9.87. The molecule has 0 bridgehead atoms. The summed E-state index contributed by atoms with van der Waals surface area (Å²) in [6.45, 7) is 8.20. The van der Waals surface area contributed by atoms with Gasteiger partial charge in [0.1, 0.15) is 18.1 Å². The van der Waals surface area contributed by atoms with E-state index in [1.165, 1.54) is 11.8 Å². The van der Waals surface area contributed by atoms with Crippen molar-refractivity contribution in [1.29, 1.82) is 0 Å². The van der Waals surface area contributed by atoms with Crippen molar-refractivity contribution in [3.05, 3.63) is 70.4 Å². The number of nitrogens with zero attached hydrogens (tertiary/aromatic N) is 4. The molecule has 0 saturated carbocycles. The van der Waals surface area contributed by atoms with Crippen LogP contribution >= 0.6 is 23.4 Å². The average molecular weight is 569 g/mol. The number of amides is 2. The van der Waals surface area contributed by atoms with Gasteiger partial charge in [-0.15, -0.1) is 11.8 Å². The maximum atomic E-state index is 13.9. The molecule has 10 heteroatoms. The number of aromatic nitrogens is 2. The third-order valence-electron chi connectivity index (χ3n) is 6.96. The number of halogens is 1. The lowest BCUT2D eigenvalue weighted by molar-refractivity contribution is -0.134. The predicted molar refractivity (Wildman–Crippen MR) is 154 cm³/mol. The number of hydrogen-bond acceptors (Lipinski definition) is 6. The highest BCUT2D eigenvalue weighted by molar-refractivity contribution is 8.00. The Kier molecular flexibility index (Phi) is 7.94. The van der Waals surface area contributed by atoms with E-state index in [9.17, 15) is 9.59 Å². The number of morpholine rings is 1. The summed E-state index contributed by atoms with van der Waals surface area (Å²) in [5.41, 5.74) is 2.94. The van der Waals surface area contributed by atoms with Crippen LogP contribution in [-0.2, 0) is 19.7 Å². The zero-order valence-electron chi connectivity index (χ0n) is 22.6. The summed E-state index contributed by atoms with van der Waals surface area (Å²) in [5, 5.41) is 5.36. The fourth-order valence-corrected chi connectivity index (χ4v) is 6.48. The van der Waals surface area contributed by atoms with Crippen molar-refractivity contribution in [2.24, 2.45) is 0 Å². The summed E-state index contributed by atoms with van der Waals surface area (Å²) in [6, 6.07) is 15.3. The molecule has 3 heterocycles. The first-order chi connectivity index (χ1) is 18.7. The molecular formula is C29H33ClN4O4S. The quantitative estimate of drug-likeness (QED) is 0.437. The molecule has 2 aromatic carbocycles. The molecule has 1 aromatic heterocycles. The molecule has 2 amide bonds. The van der Waals surface area contributed by atoms with Crippen LogP contribution in [0.2, 0.25) is 5.02 Å². The van der Waals surface area contributed by atoms with Crippen molar-refractivity contribution in [2.45, 2.75) is 31.4 Å². The van der Waals surface area contributed by atoms with Gasteiger partial charge in [-0.1, -0.05) is 62.7 Å². The van der Waals surface area contributed by atoms with Crippen LogP contribution < -0.4 is 9.64 Å². The normalized spacial score (nSPS) is 18.1. The minimum atomic E-state index is -0.370. The van der Waals surface area contributed by atoms with Crippen LogP contribution in [0, 0.1) is 0 Å². The number of benzene rings is 2. The highest BCUT2D eigenvalue weighted by Crippen LogP contribution is 2.50. The van der Waals surface area contributed by atoms with E-state index in [0.29, 0.717) is 42.8 Å². The van der Waals surface area contributed by atoms with Gasteiger partial charge in [-0.25, -0.2) is 4.68 Å². The molecule has 0 spiro atoms. The molecule has 0 aliphatic carbocycles. The van der Waals surface area contributed by atoms with Crippen molar-refractivity contribution in [1.82, 2.24) is 14.7 Å². The molecule has 0 radical (unpaired) electrons. The molecule has 0 N–H and O–H groups in total.